The van der Waals surface area contributed by atoms with Crippen molar-refractivity contribution in [3.05, 3.63) is 36.3 Å². The number of fused-ring (bicyclic) bond motifs is 1. The van der Waals surface area contributed by atoms with Gasteiger partial charge in [-0.1, -0.05) is 15.5 Å². The molecule has 1 unspecified atom stereocenters. The quantitative estimate of drug-likeness (QED) is 0.837. The number of aliphatic hydroxyl groups is 1. The molecule has 0 aromatic carbocycles. The Bertz CT molecular complexity index is 521. The lowest BCUT2D eigenvalue weighted by Crippen LogP contribution is -2.42. The molecule has 0 amide bonds. The fourth-order valence-electron chi connectivity index (χ4n) is 2.29. The summed E-state index contributed by atoms with van der Waals surface area (Å²) < 4.78 is 4.25. The number of aromatic nitrogens is 2. The fourth-order valence-corrected chi connectivity index (χ4v) is 2.73. The van der Waals surface area contributed by atoms with Gasteiger partial charge < -0.3 is 9.51 Å². The maximum Gasteiger partial charge on any atom is 0.141 e. The molecule has 1 fully saturated rings. The second kappa shape index (κ2) is 4.37. The smallest absolute Gasteiger partial charge is 0.141 e. The van der Waals surface area contributed by atoms with Crippen molar-refractivity contribution in [2.75, 3.05) is 0 Å². The Labute approximate surface area is 103 Å². The van der Waals surface area contributed by atoms with Gasteiger partial charge in [-0.15, -0.1) is 0 Å². The van der Waals surface area contributed by atoms with E-state index in [-0.39, 0.29) is 6.10 Å². The van der Waals surface area contributed by atoms with Crippen molar-refractivity contribution in [3.8, 4) is 0 Å². The van der Waals surface area contributed by atoms with Crippen molar-refractivity contribution < 1.29 is 5.11 Å². The molecule has 1 atom stereocenters. The van der Waals surface area contributed by atoms with Crippen LogP contribution in [0.1, 0.15) is 18.4 Å². The molecule has 0 radical (unpaired) electrons. The molecule has 0 spiro atoms. The average molecular weight is 249 g/mol. The zero-order valence-electron chi connectivity index (χ0n) is 9.53. The molecular weight excluding hydrogens is 233 g/mol. The van der Waals surface area contributed by atoms with Gasteiger partial charge in [-0.25, -0.2) is 4.98 Å². The zero-order chi connectivity index (χ0) is 11.8. The molecule has 90 valence electrons. The number of hydrogen-bond donors (Lipinski definition) is 1. The van der Waals surface area contributed by atoms with E-state index < -0.39 is 0 Å². The minimum atomic E-state index is -0.106. The van der Waals surface area contributed by atoms with Crippen LogP contribution in [0.4, 0.5) is 0 Å². The Hall–Kier alpha value is -0.960. The Morgan fingerprint density at radius 2 is 2.29 bits per heavy atom. The van der Waals surface area contributed by atoms with Crippen LogP contribution < -0.4 is 0 Å². The molecule has 2 aromatic heterocycles. The van der Waals surface area contributed by atoms with Crippen LogP contribution in [0.5, 0.6) is 0 Å². The summed E-state index contributed by atoms with van der Waals surface area (Å²) in [5.74, 6) is 0. The van der Waals surface area contributed by atoms with Gasteiger partial charge in [-0.05, 0) is 18.9 Å². The van der Waals surface area contributed by atoms with Gasteiger partial charge >= 0.3 is 0 Å². The normalized spacial score (nSPS) is 24.2. The second-order valence-electron chi connectivity index (χ2n) is 4.64. The summed E-state index contributed by atoms with van der Waals surface area (Å²) in [4.78, 5) is 4.37. The van der Waals surface area contributed by atoms with E-state index in [0.717, 1.165) is 25.0 Å². The molecule has 1 saturated carbocycles. The van der Waals surface area contributed by atoms with E-state index in [2.05, 4.69) is 25.1 Å². The summed E-state index contributed by atoms with van der Waals surface area (Å²) in [5, 5.41) is 9.32. The third-order valence-corrected chi connectivity index (χ3v) is 4.01. The van der Waals surface area contributed by atoms with Gasteiger partial charge in [0.1, 0.15) is 5.65 Å². The molecule has 0 aliphatic heterocycles. The standard InChI is InChI=1S/C12H16N3OP/c16-11-6-10(7-11)15(17)8-9-2-1-4-14-5-3-13-12(9)14/h1-5,10-11,16H,6-8,17H2. The van der Waals surface area contributed by atoms with Crippen LogP contribution in [0.3, 0.4) is 0 Å². The summed E-state index contributed by atoms with van der Waals surface area (Å²) in [7, 11) is 2.76. The maximum absolute atomic E-state index is 9.32. The molecule has 3 rings (SSSR count). The molecule has 1 N–H and O–H groups in total. The minimum absolute atomic E-state index is 0.106. The maximum atomic E-state index is 9.32. The number of nitrogens with zero attached hydrogens (tertiary/aromatic N) is 3. The molecule has 1 aliphatic carbocycles. The van der Waals surface area contributed by atoms with Crippen molar-refractivity contribution in [2.45, 2.75) is 31.5 Å². The van der Waals surface area contributed by atoms with Crippen molar-refractivity contribution in [1.82, 2.24) is 14.1 Å². The van der Waals surface area contributed by atoms with Crippen LogP contribution in [0.25, 0.3) is 5.65 Å². The van der Waals surface area contributed by atoms with Crippen LogP contribution in [0.2, 0.25) is 0 Å². The van der Waals surface area contributed by atoms with E-state index in [0.29, 0.717) is 6.04 Å². The largest absolute Gasteiger partial charge is 0.393 e. The van der Waals surface area contributed by atoms with Crippen LogP contribution in [-0.2, 0) is 6.54 Å². The molecule has 4 nitrogen and oxygen atoms in total. The Morgan fingerprint density at radius 3 is 3.06 bits per heavy atom. The highest BCUT2D eigenvalue weighted by Crippen LogP contribution is 2.29. The number of imidazole rings is 1. The molecule has 0 saturated heterocycles. The molecule has 5 heteroatoms. The molecule has 17 heavy (non-hydrogen) atoms. The monoisotopic (exact) mass is 249 g/mol. The predicted octanol–water partition coefficient (Wildman–Crippen LogP) is 1.45. The summed E-state index contributed by atoms with van der Waals surface area (Å²) in [6.45, 7) is 0.851. The number of hydrogen-bond acceptors (Lipinski definition) is 3. The molecule has 1 aliphatic rings. The van der Waals surface area contributed by atoms with E-state index in [1.165, 1.54) is 5.56 Å². The van der Waals surface area contributed by atoms with Gasteiger partial charge in [0.25, 0.3) is 0 Å². The highest BCUT2D eigenvalue weighted by atomic mass is 31.0. The van der Waals surface area contributed by atoms with Gasteiger partial charge in [0.2, 0.25) is 0 Å². The Morgan fingerprint density at radius 1 is 1.47 bits per heavy atom. The highest BCUT2D eigenvalue weighted by Gasteiger charge is 2.30. The van der Waals surface area contributed by atoms with Crippen molar-refractivity contribution in [3.63, 3.8) is 0 Å². The Balaban J connectivity index is 1.78. The van der Waals surface area contributed by atoms with Gasteiger partial charge in [0.05, 0.1) is 6.10 Å². The first kappa shape index (κ1) is 11.1. The van der Waals surface area contributed by atoms with Crippen molar-refractivity contribution in [1.29, 1.82) is 0 Å². The first-order valence-electron chi connectivity index (χ1n) is 5.84. The minimum Gasteiger partial charge on any atom is -0.393 e. The lowest BCUT2D eigenvalue weighted by molar-refractivity contribution is 0.0340. The highest BCUT2D eigenvalue weighted by molar-refractivity contribution is 7.13. The average Bonchev–Trinajstić information content (AvgIpc) is 2.74. The first-order valence-corrected chi connectivity index (χ1v) is 6.35. The second-order valence-corrected chi connectivity index (χ2v) is 5.31. The topological polar surface area (TPSA) is 40.8 Å². The van der Waals surface area contributed by atoms with Gasteiger partial charge in [0, 0.05) is 36.7 Å². The third-order valence-electron chi connectivity index (χ3n) is 3.41. The van der Waals surface area contributed by atoms with E-state index in [9.17, 15) is 5.11 Å². The van der Waals surface area contributed by atoms with E-state index in [4.69, 9.17) is 0 Å². The van der Waals surface area contributed by atoms with Gasteiger partial charge in [0.15, 0.2) is 0 Å². The van der Waals surface area contributed by atoms with E-state index >= 15 is 0 Å². The number of aliphatic hydroxyl groups excluding tert-OH is 1. The number of pyridine rings is 1. The van der Waals surface area contributed by atoms with Crippen molar-refractivity contribution >= 4 is 15.0 Å². The van der Waals surface area contributed by atoms with E-state index in [1.54, 1.807) is 0 Å². The molecule has 2 heterocycles. The van der Waals surface area contributed by atoms with Crippen molar-refractivity contribution in [2.24, 2.45) is 0 Å². The summed E-state index contributed by atoms with van der Waals surface area (Å²) in [6.07, 6.45) is 7.43. The van der Waals surface area contributed by atoms with Gasteiger partial charge in [-0.3, -0.25) is 4.67 Å². The zero-order valence-corrected chi connectivity index (χ0v) is 10.7. The van der Waals surface area contributed by atoms with Crippen LogP contribution in [0.15, 0.2) is 30.7 Å². The lowest BCUT2D eigenvalue weighted by Gasteiger charge is -2.38. The number of rotatable bonds is 3. The van der Waals surface area contributed by atoms with Gasteiger partial charge in [-0.2, -0.15) is 0 Å². The SMILES string of the molecule is OC1CC(N(P)Cc2cccn3ccnc23)C1. The summed E-state index contributed by atoms with van der Waals surface area (Å²) in [6, 6.07) is 4.62. The molecule has 0 bridgehead atoms. The molecule has 2 aromatic rings. The van der Waals surface area contributed by atoms with Crippen LogP contribution in [0, 0.1) is 0 Å². The first-order chi connectivity index (χ1) is 8.24. The van der Waals surface area contributed by atoms with Crippen LogP contribution in [-0.4, -0.2) is 31.3 Å². The predicted molar refractivity (Wildman–Crippen MR) is 69.5 cm³/mol. The van der Waals surface area contributed by atoms with Crippen LogP contribution >= 0.6 is 9.39 Å². The summed E-state index contributed by atoms with van der Waals surface area (Å²) >= 11 is 0. The lowest BCUT2D eigenvalue weighted by atomic mass is 9.89. The van der Waals surface area contributed by atoms with E-state index in [1.807, 2.05) is 29.1 Å². The third kappa shape index (κ3) is 2.08. The Kier molecular flexibility index (Phi) is 2.87. The summed E-state index contributed by atoms with van der Waals surface area (Å²) in [5.41, 5.74) is 2.23. The molecular formula is C12H16N3OP. The fraction of sp³-hybridized carbons (Fsp3) is 0.417.